The molecule has 0 heterocycles. The minimum atomic E-state index is -0.516. The Hall–Kier alpha value is 1.28. The van der Waals surface area contributed by atoms with Gasteiger partial charge in [0, 0.05) is 0 Å². The van der Waals surface area contributed by atoms with Gasteiger partial charge in [0.05, 0.1) is 13.2 Å². The molecule has 0 aliphatic carbocycles. The van der Waals surface area contributed by atoms with Gasteiger partial charge in [-0.2, -0.15) is 0 Å². The van der Waals surface area contributed by atoms with E-state index in [0.717, 1.165) is 0 Å². The van der Waals surface area contributed by atoms with E-state index in [2.05, 4.69) is 34.7 Å². The van der Waals surface area contributed by atoms with Gasteiger partial charge in [-0.05, 0) is 13.8 Å². The van der Waals surface area contributed by atoms with Crippen molar-refractivity contribution in [2.75, 3.05) is 13.2 Å². The fraction of sp³-hybridized carbons (Fsp3) is 0.667. The average Bonchev–Trinajstić information content (AvgIpc) is 1.87. The second-order valence-corrected chi connectivity index (χ2v) is 2.13. The first-order valence-electron chi connectivity index (χ1n) is 3.26. The molecule has 0 amide bonds. The number of carbonyl (C=O) groups is 2. The summed E-state index contributed by atoms with van der Waals surface area (Å²) in [5.74, 6) is 0. The summed E-state index contributed by atoms with van der Waals surface area (Å²) < 4.78 is 8.53. The van der Waals surface area contributed by atoms with Gasteiger partial charge in [-0.3, -0.25) is 0 Å². The summed E-state index contributed by atoms with van der Waals surface area (Å²) in [6.45, 7) is 4.27. The number of ether oxygens (including phenoxy) is 2. The number of thiol groups is 2. The molecular formula is C6H13KO4S2. The van der Waals surface area contributed by atoms with Gasteiger partial charge >= 0.3 is 62.0 Å². The second-order valence-electron chi connectivity index (χ2n) is 1.40. The Balaban J connectivity index is -0.000000143. The Labute approximate surface area is 131 Å². The number of hydrogen-bond acceptors (Lipinski definition) is 4. The molecule has 0 rings (SSSR count). The van der Waals surface area contributed by atoms with Gasteiger partial charge in [0.15, 0.2) is 0 Å². The molecule has 0 unspecified atom stereocenters. The van der Waals surface area contributed by atoms with Crippen LogP contribution >= 0.6 is 25.3 Å². The molecule has 0 aliphatic heterocycles. The van der Waals surface area contributed by atoms with Gasteiger partial charge in [-0.15, -0.1) is 0 Å². The van der Waals surface area contributed by atoms with Crippen LogP contribution in [-0.2, 0) is 9.47 Å². The molecule has 0 aliphatic rings. The maximum absolute atomic E-state index is 9.69. The van der Waals surface area contributed by atoms with Gasteiger partial charge < -0.3 is 9.47 Å². The summed E-state index contributed by atoms with van der Waals surface area (Å²) in [7, 11) is 0. The van der Waals surface area contributed by atoms with E-state index in [1.54, 1.807) is 13.8 Å². The summed E-state index contributed by atoms with van der Waals surface area (Å²) in [5.41, 5.74) is 0. The Kier molecular flexibility index (Phi) is 24.0. The fourth-order valence-electron chi connectivity index (χ4n) is 0.247. The number of carbonyl (C=O) groups excluding carboxylic acids is 2. The van der Waals surface area contributed by atoms with Crippen molar-refractivity contribution in [3.8, 4) is 0 Å². The van der Waals surface area contributed by atoms with Crippen LogP contribution in [0.2, 0.25) is 0 Å². The van der Waals surface area contributed by atoms with Gasteiger partial charge in [-0.25, -0.2) is 9.59 Å². The number of hydrogen-bond donors (Lipinski definition) is 2. The maximum atomic E-state index is 9.69. The van der Waals surface area contributed by atoms with Crippen molar-refractivity contribution in [2.45, 2.75) is 13.8 Å². The van der Waals surface area contributed by atoms with E-state index in [1.165, 1.54) is 0 Å². The van der Waals surface area contributed by atoms with Crippen LogP contribution in [0, 0.1) is 0 Å². The molecule has 0 spiro atoms. The normalized spacial score (nSPS) is 7.08. The van der Waals surface area contributed by atoms with Crippen LogP contribution in [0.25, 0.3) is 0 Å². The third-order valence-corrected chi connectivity index (χ3v) is 0.794. The third kappa shape index (κ3) is 31.9. The fourth-order valence-corrected chi connectivity index (χ4v) is 0.505. The van der Waals surface area contributed by atoms with Crippen molar-refractivity contribution in [2.24, 2.45) is 0 Å². The van der Waals surface area contributed by atoms with E-state index in [9.17, 15) is 9.59 Å². The van der Waals surface area contributed by atoms with Gasteiger partial charge in [0.25, 0.3) is 0 Å². The van der Waals surface area contributed by atoms with Crippen LogP contribution in [0.4, 0.5) is 9.59 Å². The van der Waals surface area contributed by atoms with E-state index in [4.69, 9.17) is 0 Å². The van der Waals surface area contributed by atoms with Gasteiger partial charge in [0.1, 0.15) is 0 Å². The molecule has 13 heavy (non-hydrogen) atoms. The molecule has 74 valence electrons. The second kappa shape index (κ2) is 15.7. The Morgan fingerprint density at radius 3 is 1.23 bits per heavy atom. The minimum absolute atomic E-state index is 0. The van der Waals surface area contributed by atoms with Crippen molar-refractivity contribution in [3.63, 3.8) is 0 Å². The third-order valence-electron chi connectivity index (χ3n) is 0.536. The molecule has 0 radical (unpaired) electrons. The van der Waals surface area contributed by atoms with E-state index in [0.29, 0.717) is 13.2 Å². The van der Waals surface area contributed by atoms with E-state index in [1.807, 2.05) is 0 Å². The van der Waals surface area contributed by atoms with Crippen LogP contribution < -0.4 is 0 Å². The molecule has 0 bridgehead atoms. The van der Waals surface area contributed by atoms with Gasteiger partial charge in [-0.1, -0.05) is 25.3 Å². The molecule has 0 atom stereocenters. The molecule has 0 aromatic carbocycles. The van der Waals surface area contributed by atoms with Crippen molar-refractivity contribution in [1.82, 2.24) is 0 Å². The molecule has 4 nitrogen and oxygen atoms in total. The summed E-state index contributed by atoms with van der Waals surface area (Å²) in [5, 5.41) is -1.03. The molecular weight excluding hydrogens is 239 g/mol. The Bertz CT molecular complexity index is 127. The Morgan fingerprint density at radius 2 is 1.23 bits per heavy atom. The van der Waals surface area contributed by atoms with Crippen molar-refractivity contribution < 1.29 is 19.1 Å². The first-order chi connectivity index (χ1) is 5.54. The zero-order valence-corrected chi connectivity index (χ0v) is 8.73. The zero-order chi connectivity index (χ0) is 9.98. The summed E-state index contributed by atoms with van der Waals surface area (Å²) in [4.78, 5) is 19.4. The predicted octanol–water partition coefficient (Wildman–Crippen LogP) is 1.50. The average molecular weight is 252 g/mol. The summed E-state index contributed by atoms with van der Waals surface area (Å²) in [6.07, 6.45) is 0. The summed E-state index contributed by atoms with van der Waals surface area (Å²) >= 11 is 6.63. The topological polar surface area (TPSA) is 52.6 Å². The quantitative estimate of drug-likeness (QED) is 0.444. The molecule has 0 saturated heterocycles. The van der Waals surface area contributed by atoms with Crippen LogP contribution in [0.5, 0.6) is 0 Å². The monoisotopic (exact) mass is 252 g/mol. The van der Waals surface area contributed by atoms with Gasteiger partial charge in [0.2, 0.25) is 0 Å². The molecule has 0 aromatic rings. The zero-order valence-electron chi connectivity index (χ0n) is 6.94. The molecule has 0 saturated carbocycles. The molecule has 0 aromatic heterocycles. The van der Waals surface area contributed by atoms with Crippen LogP contribution in [0.3, 0.4) is 0 Å². The van der Waals surface area contributed by atoms with E-state index >= 15 is 0 Å². The van der Waals surface area contributed by atoms with Crippen LogP contribution in [0.1, 0.15) is 13.8 Å². The van der Waals surface area contributed by atoms with Crippen LogP contribution in [-0.4, -0.2) is 75.2 Å². The molecule has 0 N–H and O–H groups in total. The van der Waals surface area contributed by atoms with Crippen molar-refractivity contribution >= 4 is 87.2 Å². The predicted molar refractivity (Wildman–Crippen MR) is 59.2 cm³/mol. The SMILES string of the molecule is CCOC(=O)S.CCOC(=O)S.[KH]. The first-order valence-corrected chi connectivity index (χ1v) is 4.15. The number of rotatable bonds is 2. The van der Waals surface area contributed by atoms with E-state index < -0.39 is 10.6 Å². The molecule has 7 heteroatoms. The van der Waals surface area contributed by atoms with Crippen molar-refractivity contribution in [3.05, 3.63) is 0 Å². The first kappa shape index (κ1) is 19.8. The summed E-state index contributed by atoms with van der Waals surface area (Å²) in [6, 6.07) is 0. The van der Waals surface area contributed by atoms with Crippen LogP contribution in [0.15, 0.2) is 0 Å². The molecule has 0 fully saturated rings. The van der Waals surface area contributed by atoms with E-state index in [-0.39, 0.29) is 51.4 Å². The standard InChI is InChI=1S/2C3H6O2S.K.H/c2*1-2-5-3(4)6;;/h2*2H2,1H3,(H,4,6);;. The Morgan fingerprint density at radius 1 is 1.00 bits per heavy atom. The van der Waals surface area contributed by atoms with Crippen molar-refractivity contribution in [1.29, 1.82) is 0 Å².